The fourth-order valence-electron chi connectivity index (χ4n) is 2.20. The van der Waals surface area contributed by atoms with Crippen LogP contribution in [-0.4, -0.2) is 24.2 Å². The van der Waals surface area contributed by atoms with Gasteiger partial charge in [-0.3, -0.25) is 20.4 Å². The number of amides is 2. The van der Waals surface area contributed by atoms with Gasteiger partial charge in [0.2, 0.25) is 11.8 Å². The lowest BCUT2D eigenvalue weighted by Crippen LogP contribution is -2.42. The smallest absolute Gasteiger partial charge is 0.248 e. The summed E-state index contributed by atoms with van der Waals surface area (Å²) in [5.74, 6) is -0.314. The lowest BCUT2D eigenvalue weighted by Gasteiger charge is -2.10. The summed E-state index contributed by atoms with van der Waals surface area (Å²) in [6.07, 6.45) is 0.715. The van der Waals surface area contributed by atoms with Gasteiger partial charge in [-0.25, -0.2) is 4.39 Å². The Hall–Kier alpha value is -2.54. The van der Waals surface area contributed by atoms with Crippen LogP contribution in [0.4, 0.5) is 4.39 Å². The third-order valence-electron chi connectivity index (χ3n) is 3.43. The molecule has 0 aliphatic heterocycles. The van der Waals surface area contributed by atoms with Gasteiger partial charge in [0.25, 0.3) is 0 Å². The molecule has 2 rings (SSSR count). The van der Waals surface area contributed by atoms with Crippen LogP contribution >= 0.6 is 11.8 Å². The van der Waals surface area contributed by atoms with Gasteiger partial charge in [0.1, 0.15) is 11.6 Å². The van der Waals surface area contributed by atoms with Gasteiger partial charge in [0.05, 0.1) is 12.4 Å². The Balaban J connectivity index is 1.71. The zero-order valence-corrected chi connectivity index (χ0v) is 15.3. The van der Waals surface area contributed by atoms with Gasteiger partial charge < -0.3 is 4.74 Å². The van der Waals surface area contributed by atoms with Crippen LogP contribution in [0.2, 0.25) is 0 Å². The van der Waals surface area contributed by atoms with Crippen LogP contribution in [-0.2, 0) is 16.0 Å². The van der Waals surface area contributed by atoms with E-state index >= 15 is 0 Å². The molecule has 0 aliphatic carbocycles. The van der Waals surface area contributed by atoms with E-state index in [0.29, 0.717) is 17.9 Å². The second-order valence-electron chi connectivity index (χ2n) is 5.36. The molecule has 5 nitrogen and oxygen atoms in total. The third kappa shape index (κ3) is 6.40. The minimum Gasteiger partial charge on any atom is -0.494 e. The second kappa shape index (κ2) is 10.5. The van der Waals surface area contributed by atoms with E-state index < -0.39 is 5.91 Å². The molecule has 7 heteroatoms. The van der Waals surface area contributed by atoms with Crippen LogP contribution in [0.1, 0.15) is 18.9 Å². The number of aryl methyl sites for hydroxylation is 1. The minimum absolute atomic E-state index is 0.00832. The maximum Gasteiger partial charge on any atom is 0.248 e. The first kappa shape index (κ1) is 19.8. The molecular formula is C19H21FN2O3S. The van der Waals surface area contributed by atoms with Crippen molar-refractivity contribution < 1.29 is 18.7 Å². The fourth-order valence-corrected chi connectivity index (χ4v) is 2.94. The molecule has 2 N–H and O–H groups in total. The summed E-state index contributed by atoms with van der Waals surface area (Å²) in [6.45, 7) is 2.46. The van der Waals surface area contributed by atoms with E-state index in [1.54, 1.807) is 18.2 Å². The standard InChI is InChI=1S/C19H21FN2O3S/c1-2-25-16-9-5-3-7-14(16)11-12-18(23)21-22-19(24)13-26-17-10-6-4-8-15(17)20/h3-10H,2,11-13H2,1H3,(H,21,23)(H,22,24). The van der Waals surface area contributed by atoms with Crippen molar-refractivity contribution >= 4 is 23.6 Å². The summed E-state index contributed by atoms with van der Waals surface area (Å²) >= 11 is 1.07. The Morgan fingerprint density at radius 3 is 2.50 bits per heavy atom. The molecule has 0 radical (unpaired) electrons. The number of nitrogens with one attached hydrogen (secondary N) is 2. The van der Waals surface area contributed by atoms with Crippen molar-refractivity contribution in [2.75, 3.05) is 12.4 Å². The molecule has 0 saturated carbocycles. The molecular weight excluding hydrogens is 355 g/mol. The van der Waals surface area contributed by atoms with E-state index in [-0.39, 0.29) is 23.9 Å². The Morgan fingerprint density at radius 1 is 1.04 bits per heavy atom. The molecule has 0 bridgehead atoms. The van der Waals surface area contributed by atoms with Gasteiger partial charge in [-0.05, 0) is 37.1 Å². The van der Waals surface area contributed by atoms with Crippen LogP contribution in [0.5, 0.6) is 5.75 Å². The highest BCUT2D eigenvalue weighted by atomic mass is 32.2. The highest BCUT2D eigenvalue weighted by molar-refractivity contribution is 8.00. The number of carbonyl (C=O) groups is 2. The number of ether oxygens (including phenoxy) is 1. The third-order valence-corrected chi connectivity index (χ3v) is 4.48. The highest BCUT2D eigenvalue weighted by Crippen LogP contribution is 2.21. The molecule has 0 spiro atoms. The van der Waals surface area contributed by atoms with Gasteiger partial charge in [-0.1, -0.05) is 30.3 Å². The van der Waals surface area contributed by atoms with E-state index in [1.165, 1.54) is 6.07 Å². The Labute approximate surface area is 156 Å². The van der Waals surface area contributed by atoms with Crippen LogP contribution in [0, 0.1) is 5.82 Å². The van der Waals surface area contributed by atoms with E-state index in [4.69, 9.17) is 4.74 Å². The van der Waals surface area contributed by atoms with Crippen molar-refractivity contribution in [2.24, 2.45) is 0 Å². The zero-order valence-electron chi connectivity index (χ0n) is 14.5. The van der Waals surface area contributed by atoms with Crippen molar-refractivity contribution in [2.45, 2.75) is 24.7 Å². The van der Waals surface area contributed by atoms with Crippen molar-refractivity contribution in [1.29, 1.82) is 0 Å². The molecule has 0 heterocycles. The number of benzene rings is 2. The van der Waals surface area contributed by atoms with Crippen molar-refractivity contribution in [3.05, 3.63) is 59.9 Å². The number of halogens is 1. The number of hydrogen-bond acceptors (Lipinski definition) is 4. The average molecular weight is 376 g/mol. The van der Waals surface area contributed by atoms with Crippen molar-refractivity contribution in [3.8, 4) is 5.75 Å². The largest absolute Gasteiger partial charge is 0.494 e. The van der Waals surface area contributed by atoms with Crippen LogP contribution in [0.15, 0.2) is 53.4 Å². The highest BCUT2D eigenvalue weighted by Gasteiger charge is 2.09. The normalized spacial score (nSPS) is 10.2. The van der Waals surface area contributed by atoms with Crippen LogP contribution in [0.3, 0.4) is 0 Å². The lowest BCUT2D eigenvalue weighted by molar-refractivity contribution is -0.127. The SMILES string of the molecule is CCOc1ccccc1CCC(=O)NNC(=O)CSc1ccccc1F. The Morgan fingerprint density at radius 2 is 1.73 bits per heavy atom. The number of thioether (sulfide) groups is 1. The molecule has 2 aromatic carbocycles. The second-order valence-corrected chi connectivity index (χ2v) is 6.37. The van der Waals surface area contributed by atoms with Crippen molar-refractivity contribution in [3.63, 3.8) is 0 Å². The number of rotatable bonds is 8. The minimum atomic E-state index is -0.402. The van der Waals surface area contributed by atoms with Gasteiger partial charge in [0, 0.05) is 11.3 Å². The summed E-state index contributed by atoms with van der Waals surface area (Å²) in [6, 6.07) is 13.7. The number of hydrogen-bond donors (Lipinski definition) is 2. The predicted molar refractivity (Wildman–Crippen MR) is 99.3 cm³/mol. The Bertz CT molecular complexity index is 755. The summed E-state index contributed by atoms with van der Waals surface area (Å²) < 4.78 is 19.0. The molecule has 138 valence electrons. The van der Waals surface area contributed by atoms with Gasteiger partial charge in [-0.2, -0.15) is 0 Å². The molecule has 0 unspecified atom stereocenters. The number of para-hydroxylation sites is 1. The quantitative estimate of drug-likeness (QED) is 0.549. The number of hydrazine groups is 1. The summed E-state index contributed by atoms with van der Waals surface area (Å²) in [4.78, 5) is 24.0. The molecule has 0 aromatic heterocycles. The van der Waals surface area contributed by atoms with Gasteiger partial charge in [-0.15, -0.1) is 11.8 Å². The molecule has 0 fully saturated rings. The first-order valence-electron chi connectivity index (χ1n) is 8.26. The van der Waals surface area contributed by atoms with E-state index in [1.807, 2.05) is 31.2 Å². The molecule has 0 aliphatic rings. The summed E-state index contributed by atoms with van der Waals surface area (Å²) in [7, 11) is 0. The van der Waals surface area contributed by atoms with E-state index in [9.17, 15) is 14.0 Å². The van der Waals surface area contributed by atoms with E-state index in [2.05, 4.69) is 10.9 Å². The van der Waals surface area contributed by atoms with Gasteiger partial charge >= 0.3 is 0 Å². The monoisotopic (exact) mass is 376 g/mol. The van der Waals surface area contributed by atoms with E-state index in [0.717, 1.165) is 23.1 Å². The fraction of sp³-hybridized carbons (Fsp3) is 0.263. The summed E-state index contributed by atoms with van der Waals surface area (Å²) in [5.41, 5.74) is 5.64. The maximum absolute atomic E-state index is 13.5. The van der Waals surface area contributed by atoms with Crippen LogP contribution in [0.25, 0.3) is 0 Å². The zero-order chi connectivity index (χ0) is 18.8. The summed E-state index contributed by atoms with van der Waals surface area (Å²) in [5, 5.41) is 0. The average Bonchev–Trinajstić information content (AvgIpc) is 2.65. The van der Waals surface area contributed by atoms with Crippen LogP contribution < -0.4 is 15.6 Å². The van der Waals surface area contributed by atoms with Crippen molar-refractivity contribution in [1.82, 2.24) is 10.9 Å². The lowest BCUT2D eigenvalue weighted by atomic mass is 10.1. The molecule has 2 aromatic rings. The maximum atomic E-state index is 13.5. The molecule has 2 amide bonds. The van der Waals surface area contributed by atoms with Gasteiger partial charge in [0.15, 0.2) is 0 Å². The predicted octanol–water partition coefficient (Wildman–Crippen LogP) is 3.10. The Kier molecular flexibility index (Phi) is 7.95. The molecule has 0 atom stereocenters. The topological polar surface area (TPSA) is 67.4 Å². The first-order chi connectivity index (χ1) is 12.6. The molecule has 26 heavy (non-hydrogen) atoms. The molecule has 0 saturated heterocycles. The first-order valence-corrected chi connectivity index (χ1v) is 9.24. The number of carbonyl (C=O) groups excluding carboxylic acids is 2.